The number of nitrogens with one attached hydrogen (secondary N) is 1. The smallest absolute Gasteiger partial charge is 0.342 e. The standard InChI is InChI=1S/C24H18N2O5S/c27-22(28)17-5-3-4-16(12-17)14-31-18-10-8-15(9-11-18)13-21(23(29)30)32-24-25-19-6-1-2-7-20(19)26-24/h1-13H,14H2,(H,25,26)(H,27,28)(H,29,30)/b21-13-. The van der Waals surface area contributed by atoms with Crippen LogP contribution in [0.25, 0.3) is 17.1 Å². The van der Waals surface area contributed by atoms with Crippen LogP contribution in [0.3, 0.4) is 0 Å². The fourth-order valence-corrected chi connectivity index (χ4v) is 3.78. The molecule has 160 valence electrons. The molecule has 8 heteroatoms. The number of hydrogen-bond acceptors (Lipinski definition) is 5. The first-order valence-corrected chi connectivity index (χ1v) is 10.4. The molecule has 0 spiro atoms. The van der Waals surface area contributed by atoms with Gasteiger partial charge in [0, 0.05) is 0 Å². The van der Waals surface area contributed by atoms with Gasteiger partial charge in [0.25, 0.3) is 0 Å². The number of benzene rings is 3. The van der Waals surface area contributed by atoms with Gasteiger partial charge in [-0.1, -0.05) is 36.4 Å². The number of carbonyl (C=O) groups is 2. The Morgan fingerprint density at radius 3 is 2.50 bits per heavy atom. The molecule has 0 fully saturated rings. The van der Waals surface area contributed by atoms with E-state index in [2.05, 4.69) is 9.97 Å². The predicted molar refractivity (Wildman–Crippen MR) is 122 cm³/mol. The lowest BCUT2D eigenvalue weighted by Gasteiger charge is -2.07. The Morgan fingerprint density at radius 2 is 1.78 bits per heavy atom. The van der Waals surface area contributed by atoms with E-state index in [9.17, 15) is 14.7 Å². The van der Waals surface area contributed by atoms with Crippen LogP contribution in [0.1, 0.15) is 21.5 Å². The van der Waals surface area contributed by atoms with E-state index < -0.39 is 11.9 Å². The summed E-state index contributed by atoms with van der Waals surface area (Å²) in [7, 11) is 0. The molecule has 4 aromatic rings. The van der Waals surface area contributed by atoms with Crippen LogP contribution >= 0.6 is 11.8 Å². The number of para-hydroxylation sites is 2. The van der Waals surface area contributed by atoms with Crippen molar-refractivity contribution >= 4 is 40.8 Å². The van der Waals surface area contributed by atoms with E-state index in [4.69, 9.17) is 9.84 Å². The lowest BCUT2D eigenvalue weighted by molar-refractivity contribution is -0.131. The van der Waals surface area contributed by atoms with Gasteiger partial charge < -0.3 is 19.9 Å². The summed E-state index contributed by atoms with van der Waals surface area (Å²) < 4.78 is 5.71. The van der Waals surface area contributed by atoms with Crippen molar-refractivity contribution in [3.63, 3.8) is 0 Å². The van der Waals surface area contributed by atoms with Gasteiger partial charge >= 0.3 is 11.9 Å². The molecule has 0 radical (unpaired) electrons. The normalized spacial score (nSPS) is 11.4. The van der Waals surface area contributed by atoms with Crippen molar-refractivity contribution in [1.82, 2.24) is 9.97 Å². The number of aromatic carboxylic acids is 1. The number of carboxylic acid groups (broad SMARTS) is 2. The molecule has 4 rings (SSSR count). The molecule has 3 N–H and O–H groups in total. The van der Waals surface area contributed by atoms with Crippen LogP contribution in [-0.2, 0) is 11.4 Å². The summed E-state index contributed by atoms with van der Waals surface area (Å²) in [6, 6.07) is 21.0. The minimum Gasteiger partial charge on any atom is -0.489 e. The summed E-state index contributed by atoms with van der Waals surface area (Å²) >= 11 is 1.05. The van der Waals surface area contributed by atoms with E-state index in [1.165, 1.54) is 6.07 Å². The van der Waals surface area contributed by atoms with Crippen LogP contribution < -0.4 is 4.74 Å². The number of thioether (sulfide) groups is 1. The molecule has 0 unspecified atom stereocenters. The Hall–Kier alpha value is -4.04. The second-order valence-electron chi connectivity index (χ2n) is 6.84. The van der Waals surface area contributed by atoms with E-state index in [1.54, 1.807) is 48.5 Å². The van der Waals surface area contributed by atoms with E-state index in [-0.39, 0.29) is 17.1 Å². The van der Waals surface area contributed by atoms with E-state index >= 15 is 0 Å². The maximum atomic E-state index is 11.7. The number of hydrogen-bond donors (Lipinski definition) is 3. The highest BCUT2D eigenvalue weighted by Gasteiger charge is 2.13. The second-order valence-corrected chi connectivity index (χ2v) is 7.87. The molecule has 0 saturated carbocycles. The van der Waals surface area contributed by atoms with Crippen molar-refractivity contribution in [3.8, 4) is 5.75 Å². The van der Waals surface area contributed by atoms with Gasteiger partial charge in [0.1, 0.15) is 17.3 Å². The molecule has 0 bridgehead atoms. The van der Waals surface area contributed by atoms with Crippen LogP contribution in [0.5, 0.6) is 5.75 Å². The van der Waals surface area contributed by atoms with Crippen LogP contribution in [-0.4, -0.2) is 32.1 Å². The SMILES string of the molecule is O=C(O)/C(=C/c1ccc(OCc2cccc(C(=O)O)c2)cc1)Sc1nc2ccccc2[nH]1. The lowest BCUT2D eigenvalue weighted by Crippen LogP contribution is -2.00. The first kappa shape index (κ1) is 21.2. The van der Waals surface area contributed by atoms with E-state index in [0.717, 1.165) is 28.4 Å². The third-order valence-corrected chi connectivity index (χ3v) is 5.44. The molecule has 0 aliphatic heterocycles. The predicted octanol–water partition coefficient (Wildman–Crippen LogP) is 5.06. The number of aromatic nitrogens is 2. The highest BCUT2D eigenvalue weighted by atomic mass is 32.2. The minimum atomic E-state index is -1.05. The number of imidazole rings is 1. The van der Waals surface area contributed by atoms with Crippen LogP contribution in [0.2, 0.25) is 0 Å². The Labute approximate surface area is 187 Å². The molecule has 32 heavy (non-hydrogen) atoms. The number of aliphatic carboxylic acids is 1. The number of rotatable bonds is 8. The summed E-state index contributed by atoms with van der Waals surface area (Å²) in [6.45, 7) is 0.221. The Bertz CT molecular complexity index is 1280. The van der Waals surface area contributed by atoms with Gasteiger partial charge in [0.05, 0.1) is 16.6 Å². The van der Waals surface area contributed by atoms with Gasteiger partial charge in [-0.15, -0.1) is 0 Å². The Balaban J connectivity index is 1.45. The highest BCUT2D eigenvalue weighted by Crippen LogP contribution is 2.28. The van der Waals surface area contributed by atoms with Gasteiger partial charge in [-0.2, -0.15) is 0 Å². The number of nitrogens with zero attached hydrogens (tertiary/aromatic N) is 1. The van der Waals surface area contributed by atoms with Gasteiger partial charge in [0.2, 0.25) is 0 Å². The van der Waals surface area contributed by atoms with Crippen molar-refractivity contribution < 1.29 is 24.5 Å². The van der Waals surface area contributed by atoms with Crippen LogP contribution in [0, 0.1) is 0 Å². The molecular weight excluding hydrogens is 428 g/mol. The van der Waals surface area contributed by atoms with Crippen molar-refractivity contribution in [3.05, 3.63) is 94.4 Å². The molecule has 1 aromatic heterocycles. The molecule has 0 saturated heterocycles. The van der Waals surface area contributed by atoms with Crippen molar-refractivity contribution in [2.75, 3.05) is 0 Å². The number of fused-ring (bicyclic) bond motifs is 1. The van der Waals surface area contributed by atoms with E-state index in [0.29, 0.717) is 16.5 Å². The zero-order valence-corrected chi connectivity index (χ0v) is 17.5. The fourth-order valence-electron chi connectivity index (χ4n) is 2.99. The average Bonchev–Trinajstić information content (AvgIpc) is 3.21. The quantitative estimate of drug-likeness (QED) is 0.256. The van der Waals surface area contributed by atoms with Crippen LogP contribution in [0.15, 0.2) is 82.9 Å². The zero-order valence-electron chi connectivity index (χ0n) is 16.7. The highest BCUT2D eigenvalue weighted by molar-refractivity contribution is 8.04. The first-order valence-electron chi connectivity index (χ1n) is 9.60. The van der Waals surface area contributed by atoms with Gasteiger partial charge in [0.15, 0.2) is 5.16 Å². The maximum Gasteiger partial charge on any atom is 0.342 e. The minimum absolute atomic E-state index is 0.128. The summed E-state index contributed by atoms with van der Waals surface area (Å²) in [4.78, 5) is 30.4. The molecule has 1 heterocycles. The largest absolute Gasteiger partial charge is 0.489 e. The number of carboxylic acids is 2. The summed E-state index contributed by atoms with van der Waals surface area (Å²) in [6.07, 6.45) is 1.57. The maximum absolute atomic E-state index is 11.7. The summed E-state index contributed by atoms with van der Waals surface area (Å²) in [5.41, 5.74) is 3.26. The molecule has 0 aliphatic rings. The summed E-state index contributed by atoms with van der Waals surface area (Å²) in [5.74, 6) is -1.45. The molecule has 3 aromatic carbocycles. The fraction of sp³-hybridized carbons (Fsp3) is 0.0417. The molecule has 0 amide bonds. The molecular formula is C24H18N2O5S. The van der Waals surface area contributed by atoms with Crippen molar-refractivity contribution in [1.29, 1.82) is 0 Å². The molecule has 0 aliphatic carbocycles. The Morgan fingerprint density at radius 1 is 1.00 bits per heavy atom. The third-order valence-electron chi connectivity index (χ3n) is 4.54. The Kier molecular flexibility index (Phi) is 6.23. The molecule has 7 nitrogen and oxygen atoms in total. The lowest BCUT2D eigenvalue weighted by atomic mass is 10.1. The number of H-pyrrole nitrogens is 1. The first-order chi connectivity index (χ1) is 15.5. The van der Waals surface area contributed by atoms with Crippen molar-refractivity contribution in [2.24, 2.45) is 0 Å². The average molecular weight is 446 g/mol. The van der Waals surface area contributed by atoms with Crippen LogP contribution in [0.4, 0.5) is 0 Å². The third kappa shape index (κ3) is 5.16. The van der Waals surface area contributed by atoms with Gasteiger partial charge in [-0.05, 0) is 65.4 Å². The molecule has 0 atom stereocenters. The van der Waals surface area contributed by atoms with Gasteiger partial charge in [-0.25, -0.2) is 14.6 Å². The zero-order chi connectivity index (χ0) is 22.5. The van der Waals surface area contributed by atoms with Gasteiger partial charge in [-0.3, -0.25) is 0 Å². The number of aromatic amines is 1. The number of ether oxygens (including phenoxy) is 1. The summed E-state index contributed by atoms with van der Waals surface area (Å²) in [5, 5.41) is 19.2. The van der Waals surface area contributed by atoms with E-state index in [1.807, 2.05) is 24.3 Å². The second kappa shape index (κ2) is 9.40. The topological polar surface area (TPSA) is 113 Å². The monoisotopic (exact) mass is 446 g/mol. The van der Waals surface area contributed by atoms with Crippen molar-refractivity contribution in [2.45, 2.75) is 11.8 Å².